The van der Waals surface area contributed by atoms with Crippen molar-refractivity contribution in [1.82, 2.24) is 10.2 Å². The molecular weight excluding hydrogens is 306 g/mol. The zero-order valence-electron chi connectivity index (χ0n) is 13.1. The van der Waals surface area contributed by atoms with Gasteiger partial charge >= 0.3 is 0 Å². The number of hydrogen-bond donors (Lipinski definition) is 1. The van der Waals surface area contributed by atoms with Crippen molar-refractivity contribution in [1.29, 1.82) is 0 Å². The number of aryl methyl sites for hydroxylation is 1. The van der Waals surface area contributed by atoms with Crippen molar-refractivity contribution in [3.05, 3.63) is 52.7 Å². The van der Waals surface area contributed by atoms with E-state index in [0.717, 1.165) is 11.3 Å². The maximum Gasteiger partial charge on any atom is 0.257 e. The number of nitrogens with zero attached hydrogens (tertiary/aromatic N) is 2. The quantitative estimate of drug-likeness (QED) is 0.745. The van der Waals surface area contributed by atoms with E-state index in [0.29, 0.717) is 11.8 Å². The number of thiophene rings is 1. The average molecular weight is 325 g/mol. The molecule has 0 saturated carbocycles. The molecule has 4 nitrogen and oxygen atoms in total. The molecular formula is C18H19N3OS. The Balaban J connectivity index is 1.55. The normalized spacial score (nSPS) is 15.2. The number of aromatic nitrogens is 2. The molecule has 2 aromatic heterocycles. The van der Waals surface area contributed by atoms with E-state index in [-0.39, 0.29) is 6.04 Å². The fourth-order valence-corrected chi connectivity index (χ4v) is 3.77. The Hall–Kier alpha value is -2.14. The Labute approximate surface area is 139 Å². The second kappa shape index (κ2) is 6.16. The lowest BCUT2D eigenvalue weighted by Gasteiger charge is -2.21. The molecule has 118 valence electrons. The number of hydrogen-bond acceptors (Lipinski definition) is 5. The molecule has 0 amide bonds. The highest BCUT2D eigenvalue weighted by Crippen LogP contribution is 2.31. The third-order valence-corrected chi connectivity index (χ3v) is 5.17. The largest absolute Gasteiger partial charge is 0.418 e. The molecule has 0 radical (unpaired) electrons. The van der Waals surface area contributed by atoms with Crippen LogP contribution in [0.2, 0.25) is 0 Å². The molecule has 0 spiro atoms. The van der Waals surface area contributed by atoms with Crippen LogP contribution < -0.4 is 5.32 Å². The second-order valence-corrected chi connectivity index (χ2v) is 6.89. The van der Waals surface area contributed by atoms with Crippen LogP contribution in [-0.2, 0) is 12.8 Å². The number of rotatable bonds is 4. The maximum absolute atomic E-state index is 5.83. The number of fused-ring (bicyclic) bond motifs is 1. The summed E-state index contributed by atoms with van der Waals surface area (Å²) in [6.07, 6.45) is 4.89. The molecule has 0 bridgehead atoms. The van der Waals surface area contributed by atoms with Gasteiger partial charge in [-0.3, -0.25) is 0 Å². The van der Waals surface area contributed by atoms with Crippen molar-refractivity contribution in [3.63, 3.8) is 0 Å². The van der Waals surface area contributed by atoms with E-state index in [9.17, 15) is 0 Å². The molecule has 23 heavy (non-hydrogen) atoms. The van der Waals surface area contributed by atoms with E-state index in [1.807, 2.05) is 17.5 Å². The van der Waals surface area contributed by atoms with Crippen molar-refractivity contribution in [2.45, 2.75) is 38.6 Å². The summed E-state index contributed by atoms with van der Waals surface area (Å²) in [6, 6.07) is 10.5. The van der Waals surface area contributed by atoms with Crippen LogP contribution in [-0.4, -0.2) is 10.2 Å². The lowest BCUT2D eigenvalue weighted by atomic mass is 9.90. The summed E-state index contributed by atoms with van der Waals surface area (Å²) in [7, 11) is 0. The summed E-state index contributed by atoms with van der Waals surface area (Å²) in [5, 5.41) is 13.9. The van der Waals surface area contributed by atoms with Crippen molar-refractivity contribution in [3.8, 4) is 10.8 Å². The molecule has 1 atom stereocenters. The van der Waals surface area contributed by atoms with E-state index in [2.05, 4.69) is 40.6 Å². The Morgan fingerprint density at radius 3 is 2.91 bits per heavy atom. The van der Waals surface area contributed by atoms with Crippen molar-refractivity contribution in [2.24, 2.45) is 0 Å². The summed E-state index contributed by atoms with van der Waals surface area (Å²) >= 11 is 1.61. The Bertz CT molecular complexity index is 794. The first-order valence-corrected chi connectivity index (χ1v) is 8.94. The number of benzene rings is 1. The summed E-state index contributed by atoms with van der Waals surface area (Å²) in [4.78, 5) is 1.01. The van der Waals surface area contributed by atoms with Gasteiger partial charge in [0.1, 0.15) is 6.04 Å². The molecule has 2 heterocycles. The van der Waals surface area contributed by atoms with Crippen molar-refractivity contribution >= 4 is 17.0 Å². The van der Waals surface area contributed by atoms with Crippen LogP contribution in [0.25, 0.3) is 10.8 Å². The van der Waals surface area contributed by atoms with Crippen LogP contribution in [0.5, 0.6) is 0 Å². The van der Waals surface area contributed by atoms with Gasteiger partial charge in [0.25, 0.3) is 5.89 Å². The third-order valence-electron chi connectivity index (χ3n) is 4.31. The van der Waals surface area contributed by atoms with Gasteiger partial charge in [0.2, 0.25) is 5.89 Å². The first-order chi connectivity index (χ1) is 11.3. The summed E-state index contributed by atoms with van der Waals surface area (Å²) in [5.74, 6) is 1.22. The Morgan fingerprint density at radius 1 is 1.13 bits per heavy atom. The molecule has 3 aromatic rings. The van der Waals surface area contributed by atoms with Gasteiger partial charge in [-0.1, -0.05) is 18.2 Å². The molecule has 0 fully saturated rings. The molecule has 1 aromatic carbocycles. The van der Waals surface area contributed by atoms with Crippen LogP contribution in [0.4, 0.5) is 5.69 Å². The van der Waals surface area contributed by atoms with Crippen LogP contribution in [0.3, 0.4) is 0 Å². The van der Waals surface area contributed by atoms with Gasteiger partial charge in [-0.25, -0.2) is 0 Å². The SMILES string of the molecule is CC(Nc1cccc2c1CCCC2)c1nnc(-c2cccs2)o1. The van der Waals surface area contributed by atoms with Gasteiger partial charge in [0.15, 0.2) is 0 Å². The first-order valence-electron chi connectivity index (χ1n) is 8.06. The van der Waals surface area contributed by atoms with E-state index in [1.165, 1.54) is 36.1 Å². The maximum atomic E-state index is 5.83. The van der Waals surface area contributed by atoms with Crippen molar-refractivity contribution < 1.29 is 4.42 Å². The highest BCUT2D eigenvalue weighted by Gasteiger charge is 2.18. The monoisotopic (exact) mass is 325 g/mol. The fraction of sp³-hybridized carbons (Fsp3) is 0.333. The zero-order valence-corrected chi connectivity index (χ0v) is 13.9. The van der Waals surface area contributed by atoms with Crippen molar-refractivity contribution in [2.75, 3.05) is 5.32 Å². The second-order valence-electron chi connectivity index (χ2n) is 5.94. The molecule has 1 aliphatic rings. The standard InChI is InChI=1S/C18H19N3OS/c1-12(17-20-21-18(22-17)16-10-5-11-23-16)19-15-9-4-7-13-6-2-3-8-14(13)15/h4-5,7,9-12,19H,2-3,6,8H2,1H3. The van der Waals surface area contributed by atoms with Crippen LogP contribution in [0, 0.1) is 0 Å². The first kappa shape index (κ1) is 14.5. The fourth-order valence-electron chi connectivity index (χ4n) is 3.12. The minimum atomic E-state index is -0.00959. The minimum Gasteiger partial charge on any atom is -0.418 e. The predicted molar refractivity (Wildman–Crippen MR) is 92.7 cm³/mol. The van der Waals surface area contributed by atoms with Gasteiger partial charge in [-0.2, -0.15) is 0 Å². The predicted octanol–water partition coefficient (Wildman–Crippen LogP) is 4.85. The molecule has 5 heteroatoms. The van der Waals surface area contributed by atoms with Gasteiger partial charge in [-0.15, -0.1) is 21.5 Å². The molecule has 0 aliphatic heterocycles. The van der Waals surface area contributed by atoms with E-state index < -0.39 is 0 Å². The lowest BCUT2D eigenvalue weighted by molar-refractivity contribution is 0.485. The summed E-state index contributed by atoms with van der Waals surface area (Å²) < 4.78 is 5.83. The smallest absolute Gasteiger partial charge is 0.257 e. The number of nitrogens with one attached hydrogen (secondary N) is 1. The average Bonchev–Trinajstić information content (AvgIpc) is 3.26. The van der Waals surface area contributed by atoms with Crippen LogP contribution in [0.1, 0.15) is 42.8 Å². The zero-order chi connectivity index (χ0) is 15.6. The number of anilines is 1. The van der Waals surface area contributed by atoms with Crippen LogP contribution in [0.15, 0.2) is 40.1 Å². The molecule has 0 saturated heterocycles. The van der Waals surface area contributed by atoms with Crippen LogP contribution >= 0.6 is 11.3 Å². The van der Waals surface area contributed by atoms with Gasteiger partial charge in [0, 0.05) is 5.69 Å². The molecule has 4 rings (SSSR count). The van der Waals surface area contributed by atoms with Gasteiger partial charge in [-0.05, 0) is 61.2 Å². The summed E-state index contributed by atoms with van der Waals surface area (Å²) in [6.45, 7) is 2.06. The molecule has 1 aliphatic carbocycles. The Morgan fingerprint density at radius 2 is 2.04 bits per heavy atom. The Kier molecular flexibility index (Phi) is 3.87. The topological polar surface area (TPSA) is 51.0 Å². The van der Waals surface area contributed by atoms with E-state index >= 15 is 0 Å². The molecule has 1 unspecified atom stereocenters. The summed E-state index contributed by atoms with van der Waals surface area (Å²) in [5.41, 5.74) is 4.12. The van der Waals surface area contributed by atoms with Gasteiger partial charge < -0.3 is 9.73 Å². The highest BCUT2D eigenvalue weighted by atomic mass is 32.1. The van der Waals surface area contributed by atoms with E-state index in [4.69, 9.17) is 4.42 Å². The molecule has 1 N–H and O–H groups in total. The van der Waals surface area contributed by atoms with E-state index in [1.54, 1.807) is 11.3 Å². The third kappa shape index (κ3) is 2.88. The minimum absolute atomic E-state index is 0.00959. The lowest BCUT2D eigenvalue weighted by Crippen LogP contribution is -2.12. The highest BCUT2D eigenvalue weighted by molar-refractivity contribution is 7.13. The van der Waals surface area contributed by atoms with Gasteiger partial charge in [0.05, 0.1) is 4.88 Å².